The summed E-state index contributed by atoms with van der Waals surface area (Å²) in [5, 5.41) is 22.3. The van der Waals surface area contributed by atoms with Crippen LogP contribution in [0.1, 0.15) is 36.5 Å². The Morgan fingerprint density at radius 2 is 2.08 bits per heavy atom. The highest BCUT2D eigenvalue weighted by Crippen LogP contribution is 2.28. The lowest BCUT2D eigenvalue weighted by molar-refractivity contribution is 0.130. The van der Waals surface area contributed by atoms with Crippen molar-refractivity contribution in [1.82, 2.24) is 4.90 Å². The number of rotatable bonds is 4. The predicted molar refractivity (Wildman–Crippen MR) is 95.9 cm³/mol. The zero-order chi connectivity index (χ0) is 17.6. The molecule has 128 valence electrons. The van der Waals surface area contributed by atoms with Gasteiger partial charge in [-0.3, -0.25) is 0 Å². The maximum atomic E-state index is 12.6. The van der Waals surface area contributed by atoms with Crippen molar-refractivity contribution in [2.45, 2.75) is 31.4 Å². The van der Waals surface area contributed by atoms with Crippen molar-refractivity contribution < 1.29 is 9.90 Å². The van der Waals surface area contributed by atoms with Crippen LogP contribution in [0.3, 0.4) is 0 Å². The summed E-state index contributed by atoms with van der Waals surface area (Å²) in [5.74, 6) is 0. The smallest absolute Gasteiger partial charge is 0.322 e. The molecule has 0 radical (unpaired) electrons. The van der Waals surface area contributed by atoms with E-state index in [1.165, 1.54) is 0 Å². The highest BCUT2D eigenvalue weighted by molar-refractivity contribution is 5.89. The molecule has 2 unspecified atom stereocenters. The molecule has 1 aliphatic heterocycles. The molecule has 5 nitrogen and oxygen atoms in total. The third kappa shape index (κ3) is 4.17. The normalized spacial score (nSPS) is 17.8. The number of anilines is 1. The SMILES string of the molecule is N#Cc1cccc(NC(=O)N2CCCC2CC(O)c2ccccc2)c1. The van der Waals surface area contributed by atoms with Gasteiger partial charge in [0.15, 0.2) is 0 Å². The Morgan fingerprint density at radius 3 is 2.84 bits per heavy atom. The van der Waals surface area contributed by atoms with E-state index in [0.717, 1.165) is 18.4 Å². The number of urea groups is 1. The molecule has 0 spiro atoms. The second-order valence-electron chi connectivity index (χ2n) is 6.27. The van der Waals surface area contributed by atoms with Crippen molar-refractivity contribution in [3.05, 3.63) is 65.7 Å². The van der Waals surface area contributed by atoms with Gasteiger partial charge >= 0.3 is 6.03 Å². The standard InChI is InChI=1S/C20H21N3O2/c21-14-15-6-4-9-17(12-15)22-20(25)23-11-5-10-18(23)13-19(24)16-7-2-1-3-8-16/h1-4,6-9,12,18-19,24H,5,10-11,13H2,(H,22,25). The van der Waals surface area contributed by atoms with Crippen LogP contribution in [0.4, 0.5) is 10.5 Å². The van der Waals surface area contributed by atoms with Crippen LogP contribution >= 0.6 is 0 Å². The number of hydrogen-bond donors (Lipinski definition) is 2. The summed E-state index contributed by atoms with van der Waals surface area (Å²) in [6, 6.07) is 18.3. The van der Waals surface area contributed by atoms with Crippen LogP contribution < -0.4 is 5.32 Å². The molecule has 1 saturated heterocycles. The number of nitrogens with one attached hydrogen (secondary N) is 1. The minimum absolute atomic E-state index is 0.00866. The predicted octanol–water partition coefficient (Wildman–Crippen LogP) is 3.68. The zero-order valence-corrected chi connectivity index (χ0v) is 13.9. The fourth-order valence-corrected chi connectivity index (χ4v) is 3.28. The van der Waals surface area contributed by atoms with Crippen LogP contribution in [0.25, 0.3) is 0 Å². The fraction of sp³-hybridized carbons (Fsp3) is 0.300. The number of carbonyl (C=O) groups excluding carboxylic acids is 1. The van der Waals surface area contributed by atoms with Crippen molar-refractivity contribution in [1.29, 1.82) is 5.26 Å². The Morgan fingerprint density at radius 1 is 1.28 bits per heavy atom. The van der Waals surface area contributed by atoms with Gasteiger partial charge in [-0.1, -0.05) is 36.4 Å². The molecular formula is C20H21N3O2. The molecule has 5 heteroatoms. The van der Waals surface area contributed by atoms with Crippen LogP contribution in [-0.4, -0.2) is 28.6 Å². The molecule has 2 aromatic rings. The Balaban J connectivity index is 1.64. The Kier molecular flexibility index (Phi) is 5.32. The van der Waals surface area contributed by atoms with Gasteiger partial charge in [0.25, 0.3) is 0 Å². The highest BCUT2D eigenvalue weighted by atomic mass is 16.3. The van der Waals surface area contributed by atoms with Crippen molar-refractivity contribution in [3.8, 4) is 6.07 Å². The third-order valence-corrected chi connectivity index (χ3v) is 4.56. The lowest BCUT2D eigenvalue weighted by atomic mass is 10.0. The van der Waals surface area contributed by atoms with Crippen molar-refractivity contribution in [3.63, 3.8) is 0 Å². The molecule has 0 bridgehead atoms. The Bertz CT molecular complexity index is 770. The van der Waals surface area contributed by atoms with Gasteiger partial charge in [-0.2, -0.15) is 5.26 Å². The summed E-state index contributed by atoms with van der Waals surface area (Å²) in [6.45, 7) is 0.677. The minimum atomic E-state index is -0.582. The van der Waals surface area contributed by atoms with Gasteiger partial charge in [0.1, 0.15) is 0 Å². The summed E-state index contributed by atoms with van der Waals surface area (Å²) in [7, 11) is 0. The van der Waals surface area contributed by atoms with Gasteiger partial charge in [-0.15, -0.1) is 0 Å². The van der Waals surface area contributed by atoms with Crippen molar-refractivity contribution in [2.24, 2.45) is 0 Å². The molecule has 0 aromatic heterocycles. The van der Waals surface area contributed by atoms with E-state index in [4.69, 9.17) is 5.26 Å². The summed E-state index contributed by atoms with van der Waals surface area (Å²) in [5.41, 5.74) is 1.99. The van der Waals surface area contributed by atoms with Crippen molar-refractivity contribution in [2.75, 3.05) is 11.9 Å². The van der Waals surface area contributed by atoms with E-state index < -0.39 is 6.10 Å². The van der Waals surface area contributed by atoms with Crippen LogP contribution in [0.5, 0.6) is 0 Å². The number of aliphatic hydroxyl groups is 1. The van der Waals surface area contributed by atoms with Crippen LogP contribution in [-0.2, 0) is 0 Å². The van der Waals surface area contributed by atoms with Gasteiger partial charge < -0.3 is 15.3 Å². The number of nitriles is 1. The molecule has 2 atom stereocenters. The van der Waals surface area contributed by atoms with Crippen LogP contribution in [0.15, 0.2) is 54.6 Å². The highest BCUT2D eigenvalue weighted by Gasteiger charge is 2.30. The summed E-state index contributed by atoms with van der Waals surface area (Å²) < 4.78 is 0. The monoisotopic (exact) mass is 335 g/mol. The second-order valence-corrected chi connectivity index (χ2v) is 6.27. The first-order valence-corrected chi connectivity index (χ1v) is 8.48. The lowest BCUT2D eigenvalue weighted by Gasteiger charge is -2.27. The van der Waals surface area contributed by atoms with Gasteiger partial charge in [0, 0.05) is 18.3 Å². The molecule has 1 fully saturated rings. The van der Waals surface area contributed by atoms with E-state index >= 15 is 0 Å². The minimum Gasteiger partial charge on any atom is -0.388 e. The molecule has 2 amide bonds. The van der Waals surface area contributed by atoms with Crippen LogP contribution in [0, 0.1) is 11.3 Å². The van der Waals surface area contributed by atoms with Gasteiger partial charge in [0.05, 0.1) is 17.7 Å². The van der Waals surface area contributed by atoms with E-state index in [1.807, 2.05) is 30.3 Å². The van der Waals surface area contributed by atoms with Gasteiger partial charge in [-0.05, 0) is 43.0 Å². The molecule has 3 rings (SSSR count). The van der Waals surface area contributed by atoms with Crippen molar-refractivity contribution >= 4 is 11.7 Å². The number of aliphatic hydroxyl groups excluding tert-OH is 1. The molecule has 25 heavy (non-hydrogen) atoms. The number of amides is 2. The molecule has 1 aliphatic rings. The summed E-state index contributed by atoms with van der Waals surface area (Å²) in [6.07, 6.45) is 1.75. The quantitative estimate of drug-likeness (QED) is 0.895. The molecule has 0 aliphatic carbocycles. The number of benzene rings is 2. The first-order chi connectivity index (χ1) is 12.2. The lowest BCUT2D eigenvalue weighted by Crippen LogP contribution is -2.39. The van der Waals surface area contributed by atoms with Crippen LogP contribution in [0.2, 0.25) is 0 Å². The zero-order valence-electron chi connectivity index (χ0n) is 13.9. The van der Waals surface area contributed by atoms with E-state index in [-0.39, 0.29) is 12.1 Å². The van der Waals surface area contributed by atoms with Gasteiger partial charge in [-0.25, -0.2) is 4.79 Å². The van der Waals surface area contributed by atoms with E-state index in [0.29, 0.717) is 24.2 Å². The summed E-state index contributed by atoms with van der Waals surface area (Å²) in [4.78, 5) is 14.4. The largest absolute Gasteiger partial charge is 0.388 e. The Hall–Kier alpha value is -2.84. The molecule has 1 heterocycles. The summed E-state index contributed by atoms with van der Waals surface area (Å²) >= 11 is 0. The number of hydrogen-bond acceptors (Lipinski definition) is 3. The topological polar surface area (TPSA) is 76.4 Å². The molecule has 2 aromatic carbocycles. The average molecular weight is 335 g/mol. The van der Waals surface area contributed by atoms with E-state index in [9.17, 15) is 9.90 Å². The molecular weight excluding hydrogens is 314 g/mol. The first-order valence-electron chi connectivity index (χ1n) is 8.48. The Labute approximate surface area is 147 Å². The number of nitrogens with zero attached hydrogens (tertiary/aromatic N) is 2. The molecule has 2 N–H and O–H groups in total. The third-order valence-electron chi connectivity index (χ3n) is 4.56. The fourth-order valence-electron chi connectivity index (χ4n) is 3.28. The van der Waals surface area contributed by atoms with E-state index in [1.54, 1.807) is 29.2 Å². The molecule has 0 saturated carbocycles. The second kappa shape index (κ2) is 7.82. The first kappa shape index (κ1) is 17.0. The van der Waals surface area contributed by atoms with Gasteiger partial charge in [0.2, 0.25) is 0 Å². The average Bonchev–Trinajstić information content (AvgIpc) is 3.11. The maximum Gasteiger partial charge on any atom is 0.322 e. The van der Waals surface area contributed by atoms with E-state index in [2.05, 4.69) is 11.4 Å². The maximum absolute atomic E-state index is 12.6. The number of carbonyl (C=O) groups is 1. The number of likely N-dealkylation sites (tertiary alicyclic amines) is 1.